The molecule has 0 fully saturated rings. The molecular weight excluding hydrogens is 655 g/mol. The fourth-order valence-electron chi connectivity index (χ4n) is 2.78. The predicted molar refractivity (Wildman–Crippen MR) is 156 cm³/mol. The zero-order valence-electron chi connectivity index (χ0n) is 24.5. The summed E-state index contributed by atoms with van der Waals surface area (Å²) in [5, 5.41) is 88.7. The van der Waals surface area contributed by atoms with E-state index in [0.29, 0.717) is 39.3 Å². The molecule has 0 aromatic heterocycles. The Kier molecular flexibility index (Phi) is 50.0. The van der Waals surface area contributed by atoms with Gasteiger partial charge in [-0.3, -0.25) is 9.80 Å². The van der Waals surface area contributed by atoms with Crippen LogP contribution < -0.4 is 10.2 Å². The van der Waals surface area contributed by atoms with Crippen LogP contribution in [0.15, 0.2) is 48.5 Å². The minimum absolute atomic E-state index is 0. The van der Waals surface area contributed by atoms with E-state index in [9.17, 15) is 19.8 Å². The van der Waals surface area contributed by atoms with Crippen molar-refractivity contribution in [2.45, 2.75) is 0 Å². The second kappa shape index (κ2) is 39.0. The fraction of sp³-hybridized carbons (Fsp3) is 0.462. The van der Waals surface area contributed by atoms with Gasteiger partial charge < -0.3 is 73.0 Å². The molecule has 0 unspecified atom stereocenters. The molecule has 16 N–H and O–H groups in total. The maximum atomic E-state index is 10.5. The Hall–Kier alpha value is -3.01. The van der Waals surface area contributed by atoms with Crippen LogP contribution in [-0.2, 0) is 16.5 Å². The van der Waals surface area contributed by atoms with Gasteiger partial charge in [0.15, 0.2) is 0 Å². The van der Waals surface area contributed by atoms with Gasteiger partial charge in [0.2, 0.25) is 0 Å². The Labute approximate surface area is 270 Å². The zero-order valence-corrected chi connectivity index (χ0v) is 25.5. The van der Waals surface area contributed by atoms with Crippen LogP contribution in [0.4, 0.5) is 0 Å². The van der Waals surface area contributed by atoms with E-state index >= 15 is 0 Å². The van der Waals surface area contributed by atoms with Crippen LogP contribution >= 0.6 is 0 Å². The monoisotopic (exact) mass is 702 g/mol. The average Bonchev–Trinajstić information content (AvgIpc) is 2.91. The van der Waals surface area contributed by atoms with Crippen molar-refractivity contribution in [1.29, 1.82) is 0 Å². The van der Waals surface area contributed by atoms with E-state index in [-0.39, 0.29) is 101 Å². The molecule has 0 heterocycles. The number of aliphatic hydroxyl groups excluding tert-OH is 6. The number of aliphatic hydroxyl groups is 6. The summed E-state index contributed by atoms with van der Waals surface area (Å²) in [5.74, 6) is -2.70. The molecule has 0 amide bonds. The molecule has 19 heteroatoms. The summed E-state index contributed by atoms with van der Waals surface area (Å²) in [6.07, 6.45) is 0. The van der Waals surface area contributed by atoms with E-state index in [1.807, 2.05) is 0 Å². The molecule has 2 rings (SSSR count). The van der Waals surface area contributed by atoms with Crippen LogP contribution in [0.2, 0.25) is 0 Å². The van der Waals surface area contributed by atoms with Gasteiger partial charge in [-0.15, -0.1) is 11.5 Å². The van der Waals surface area contributed by atoms with Gasteiger partial charge in [-0.05, 0) is 12.1 Å². The van der Waals surface area contributed by atoms with Crippen molar-refractivity contribution in [3.8, 4) is 11.5 Å². The molecule has 0 bridgehead atoms. The Balaban J connectivity index is -0.0000000825. The second-order valence-corrected chi connectivity index (χ2v) is 7.69. The van der Waals surface area contributed by atoms with Crippen molar-refractivity contribution in [1.82, 2.24) is 9.80 Å². The SMILES string of the molecule is O.O.O.O.O=C(O)c1cccc([O-])c1.O=C(O)c1cccc([O-])c1.OCCN(CCO)CCO.OCCN(CCO)CCO.[Ni+2]. The second-order valence-electron chi connectivity index (χ2n) is 7.69. The molecular formula is C26H48N2NiO16. The molecule has 0 saturated heterocycles. The van der Waals surface area contributed by atoms with E-state index in [2.05, 4.69) is 0 Å². The van der Waals surface area contributed by atoms with Crippen molar-refractivity contribution >= 4 is 11.9 Å². The molecule has 2 aromatic rings. The van der Waals surface area contributed by atoms with Crippen molar-refractivity contribution in [2.75, 3.05) is 78.9 Å². The van der Waals surface area contributed by atoms with E-state index < -0.39 is 11.9 Å². The van der Waals surface area contributed by atoms with Crippen molar-refractivity contribution in [3.05, 3.63) is 59.7 Å². The van der Waals surface area contributed by atoms with Crippen LogP contribution in [0.1, 0.15) is 20.7 Å². The van der Waals surface area contributed by atoms with E-state index in [1.165, 1.54) is 36.4 Å². The molecule has 0 radical (unpaired) electrons. The van der Waals surface area contributed by atoms with Gasteiger partial charge in [-0.2, -0.15) is 0 Å². The first kappa shape index (κ1) is 57.6. The smallest absolute Gasteiger partial charge is 0.872 e. The van der Waals surface area contributed by atoms with E-state index in [0.717, 1.165) is 12.1 Å². The van der Waals surface area contributed by atoms with Gasteiger partial charge in [-0.1, -0.05) is 36.4 Å². The average molecular weight is 703 g/mol. The summed E-state index contributed by atoms with van der Waals surface area (Å²) in [5.41, 5.74) is 0.0694. The minimum atomic E-state index is -1.07. The van der Waals surface area contributed by atoms with Gasteiger partial charge >= 0.3 is 28.4 Å². The maximum Gasteiger partial charge on any atom is 2.00 e. The first-order valence-corrected chi connectivity index (χ1v) is 12.2. The molecule has 0 saturated carbocycles. The number of hydrogen-bond acceptors (Lipinski definition) is 12. The molecule has 18 nitrogen and oxygen atoms in total. The summed E-state index contributed by atoms with van der Waals surface area (Å²) in [6, 6.07) is 10.4. The Morgan fingerprint density at radius 2 is 0.733 bits per heavy atom. The van der Waals surface area contributed by atoms with Crippen molar-refractivity contribution in [2.24, 2.45) is 0 Å². The van der Waals surface area contributed by atoms with Gasteiger partial charge in [0.1, 0.15) is 0 Å². The molecule has 268 valence electrons. The largest absolute Gasteiger partial charge is 2.00 e. The Morgan fingerprint density at radius 3 is 0.867 bits per heavy atom. The number of carbonyl (C=O) groups is 2. The number of carboxylic acids is 2. The summed E-state index contributed by atoms with van der Waals surface area (Å²) in [6.45, 7) is 3.51. The van der Waals surface area contributed by atoms with Crippen molar-refractivity contribution in [3.63, 3.8) is 0 Å². The van der Waals surface area contributed by atoms with Crippen molar-refractivity contribution < 1.29 is 99.1 Å². The van der Waals surface area contributed by atoms with Gasteiger partial charge in [0, 0.05) is 39.3 Å². The van der Waals surface area contributed by atoms with Crippen LogP contribution in [0.25, 0.3) is 0 Å². The first-order valence-electron chi connectivity index (χ1n) is 12.2. The standard InChI is InChI=1S/2C7H6O3.2C6H15NO3.Ni.4H2O/c2*8-6-3-1-2-5(4-6)7(9)10;2*8-4-1-7(2-5-9)3-6-10;;;;;/h2*1-4,8H,(H,9,10);2*8-10H,1-6H2;;4*1H2/q;;;;+2;;;;/p-2. The van der Waals surface area contributed by atoms with Gasteiger partial charge in [0.25, 0.3) is 0 Å². The fourth-order valence-corrected chi connectivity index (χ4v) is 2.78. The minimum Gasteiger partial charge on any atom is -0.872 e. The van der Waals surface area contributed by atoms with Crippen LogP contribution in [0.5, 0.6) is 11.5 Å². The molecule has 2 aromatic carbocycles. The maximum absolute atomic E-state index is 10.5. The molecule has 45 heavy (non-hydrogen) atoms. The molecule has 0 aliphatic carbocycles. The first-order chi connectivity index (χ1) is 19.1. The number of nitrogens with zero attached hydrogens (tertiary/aromatic N) is 2. The number of aromatic carboxylic acids is 2. The van der Waals surface area contributed by atoms with Crippen LogP contribution in [0, 0.1) is 0 Å². The summed E-state index contributed by atoms with van der Waals surface area (Å²) >= 11 is 0. The quantitative estimate of drug-likeness (QED) is 0.0850. The molecule has 0 aliphatic rings. The number of carboxylic acid groups (broad SMARTS) is 2. The number of hydrogen-bond donors (Lipinski definition) is 8. The third-order valence-electron chi connectivity index (χ3n) is 4.66. The topological polar surface area (TPSA) is 375 Å². The molecule has 0 spiro atoms. The summed E-state index contributed by atoms with van der Waals surface area (Å²) in [7, 11) is 0. The summed E-state index contributed by atoms with van der Waals surface area (Å²) in [4.78, 5) is 24.0. The number of rotatable bonds is 14. The van der Waals surface area contributed by atoms with Crippen LogP contribution in [0.3, 0.4) is 0 Å². The van der Waals surface area contributed by atoms with Crippen LogP contribution in [-0.4, -0.2) is 163 Å². The Morgan fingerprint density at radius 1 is 0.511 bits per heavy atom. The normalized spacial score (nSPS) is 8.89. The third kappa shape index (κ3) is 33.7. The van der Waals surface area contributed by atoms with Gasteiger partial charge in [-0.25, -0.2) is 9.59 Å². The summed E-state index contributed by atoms with van der Waals surface area (Å²) < 4.78 is 0. The predicted octanol–water partition coefficient (Wildman–Crippen LogP) is -5.85. The number of benzene rings is 2. The van der Waals surface area contributed by atoms with E-state index in [1.54, 1.807) is 9.80 Å². The van der Waals surface area contributed by atoms with Gasteiger partial charge in [0.05, 0.1) is 50.8 Å². The zero-order chi connectivity index (χ0) is 30.8. The molecule has 0 aliphatic heterocycles. The molecule has 0 atom stereocenters. The third-order valence-corrected chi connectivity index (χ3v) is 4.66. The van der Waals surface area contributed by atoms with E-state index in [4.69, 9.17) is 40.9 Å². The Bertz CT molecular complexity index is 828.